The van der Waals surface area contributed by atoms with Gasteiger partial charge in [0, 0.05) is 39.2 Å². The summed E-state index contributed by atoms with van der Waals surface area (Å²) in [4.78, 5) is 21.9. The molecule has 0 fully saturated rings. The molecule has 0 saturated heterocycles. The van der Waals surface area contributed by atoms with Crippen LogP contribution in [-0.4, -0.2) is 53.6 Å². The van der Waals surface area contributed by atoms with E-state index in [4.69, 9.17) is 28.4 Å². The highest BCUT2D eigenvalue weighted by Crippen LogP contribution is 2.29. The molecular formula is C35H48O8. The van der Waals surface area contributed by atoms with Gasteiger partial charge in [-0.1, -0.05) is 53.6 Å². The molecule has 0 aliphatic heterocycles. The summed E-state index contributed by atoms with van der Waals surface area (Å²) >= 11 is 0. The Balaban J connectivity index is 0.000000434. The first-order valence-electron chi connectivity index (χ1n) is 14.1. The number of benzene rings is 2. The number of rotatable bonds is 14. The molecule has 0 amide bonds. The van der Waals surface area contributed by atoms with E-state index >= 15 is 0 Å². The lowest BCUT2D eigenvalue weighted by Gasteiger charge is -2.17. The molecule has 0 spiro atoms. The Kier molecular flexibility index (Phi) is 17.4. The van der Waals surface area contributed by atoms with Gasteiger partial charge in [0.2, 0.25) is 0 Å². The van der Waals surface area contributed by atoms with Crippen LogP contribution in [-0.2, 0) is 35.0 Å². The molecule has 0 aliphatic carbocycles. The van der Waals surface area contributed by atoms with E-state index in [1.165, 1.54) is 25.0 Å². The Morgan fingerprint density at radius 3 is 1.44 bits per heavy atom. The Labute approximate surface area is 257 Å². The predicted octanol–water partition coefficient (Wildman–Crippen LogP) is 7.29. The average Bonchev–Trinajstić information content (AvgIpc) is 2.97. The fourth-order valence-electron chi connectivity index (χ4n) is 4.04. The van der Waals surface area contributed by atoms with Crippen LogP contribution in [0.4, 0.5) is 0 Å². The minimum atomic E-state index is -0.395. The van der Waals surface area contributed by atoms with Crippen molar-refractivity contribution in [1.29, 1.82) is 0 Å². The van der Waals surface area contributed by atoms with Crippen molar-refractivity contribution in [2.45, 2.75) is 60.2 Å². The normalized spacial score (nSPS) is 11.5. The fourth-order valence-corrected chi connectivity index (χ4v) is 4.04. The van der Waals surface area contributed by atoms with E-state index in [0.29, 0.717) is 23.5 Å². The molecule has 2 aromatic rings. The summed E-state index contributed by atoms with van der Waals surface area (Å²) in [5.41, 5.74) is 6.33. The number of ether oxygens (including phenoxy) is 6. The van der Waals surface area contributed by atoms with Crippen LogP contribution in [0.5, 0.6) is 11.5 Å². The highest BCUT2D eigenvalue weighted by molar-refractivity contribution is 5.67. The van der Waals surface area contributed by atoms with Gasteiger partial charge in [0.15, 0.2) is 0 Å². The van der Waals surface area contributed by atoms with E-state index in [1.807, 2.05) is 24.3 Å². The Hall–Kier alpha value is -3.88. The molecule has 0 saturated carbocycles. The van der Waals surface area contributed by atoms with Crippen molar-refractivity contribution >= 4 is 11.9 Å². The highest BCUT2D eigenvalue weighted by atomic mass is 16.5. The summed E-state index contributed by atoms with van der Waals surface area (Å²) in [6.45, 7) is 11.1. The van der Waals surface area contributed by atoms with Crippen molar-refractivity contribution < 1.29 is 38.0 Å². The summed E-state index contributed by atoms with van der Waals surface area (Å²) < 4.78 is 31.8. The number of carbonyl (C=O) groups excluding carboxylic acids is 2. The zero-order valence-corrected chi connectivity index (χ0v) is 27.3. The number of hydrogen-bond acceptors (Lipinski definition) is 8. The van der Waals surface area contributed by atoms with E-state index < -0.39 is 11.9 Å². The summed E-state index contributed by atoms with van der Waals surface area (Å²) in [6, 6.07) is 13.9. The van der Waals surface area contributed by atoms with Crippen molar-refractivity contribution in [3.63, 3.8) is 0 Å². The molecule has 8 heteroatoms. The number of allylic oxidation sites excluding steroid dienone is 3. The molecule has 2 aromatic carbocycles. The Morgan fingerprint density at radius 2 is 1.09 bits per heavy atom. The van der Waals surface area contributed by atoms with Crippen molar-refractivity contribution in [3.8, 4) is 11.5 Å². The van der Waals surface area contributed by atoms with Gasteiger partial charge in [-0.15, -0.1) is 0 Å². The first-order valence-corrected chi connectivity index (χ1v) is 14.1. The predicted molar refractivity (Wildman–Crippen MR) is 169 cm³/mol. The van der Waals surface area contributed by atoms with Gasteiger partial charge >= 0.3 is 11.9 Å². The summed E-state index contributed by atoms with van der Waals surface area (Å²) in [5, 5.41) is 0. The second-order valence-corrected chi connectivity index (χ2v) is 10.2. The molecule has 2 unspecified atom stereocenters. The van der Waals surface area contributed by atoms with E-state index in [1.54, 1.807) is 28.4 Å². The van der Waals surface area contributed by atoms with Crippen molar-refractivity contribution in [2.24, 2.45) is 0 Å². The van der Waals surface area contributed by atoms with Crippen molar-refractivity contribution in [2.75, 3.05) is 41.7 Å². The first kappa shape index (κ1) is 37.1. The van der Waals surface area contributed by atoms with Gasteiger partial charge in [0.25, 0.3) is 0 Å². The van der Waals surface area contributed by atoms with Crippen LogP contribution in [0.15, 0.2) is 77.4 Å². The number of esters is 2. The quantitative estimate of drug-likeness (QED) is 0.166. The maximum Gasteiger partial charge on any atom is 0.302 e. The van der Waals surface area contributed by atoms with Gasteiger partial charge in [-0.3, -0.25) is 9.59 Å². The molecule has 0 N–H and O–H groups in total. The standard InChI is InChI=1S/C18H26O2.C17H22O6/c1-13(2)10-17(19-5)15-8-7-9-16(12-15)18(20-6)11-14(3)4;1-12(18)22-10-14(11-23-13(2)19)8-9-15-16(20-3)6-5-7-17(15)21-4/h7-12,17-18H,1-6H3;5-8H,9-11H2,1-4H3. The van der Waals surface area contributed by atoms with Gasteiger partial charge in [0.1, 0.15) is 36.9 Å². The van der Waals surface area contributed by atoms with Crippen molar-refractivity contribution in [1.82, 2.24) is 0 Å². The van der Waals surface area contributed by atoms with E-state index in [2.05, 4.69) is 64.1 Å². The molecule has 43 heavy (non-hydrogen) atoms. The topological polar surface area (TPSA) is 89.5 Å². The zero-order valence-electron chi connectivity index (χ0n) is 27.3. The van der Waals surface area contributed by atoms with Crippen LogP contribution in [0.1, 0.15) is 70.4 Å². The third-order valence-electron chi connectivity index (χ3n) is 6.09. The molecule has 0 aromatic heterocycles. The Bertz CT molecular complexity index is 1170. The van der Waals surface area contributed by atoms with Crippen LogP contribution in [0.25, 0.3) is 0 Å². The highest BCUT2D eigenvalue weighted by Gasteiger charge is 2.13. The van der Waals surface area contributed by atoms with E-state index in [0.717, 1.165) is 16.7 Å². The average molecular weight is 597 g/mol. The lowest BCUT2D eigenvalue weighted by molar-refractivity contribution is -0.141. The van der Waals surface area contributed by atoms with Gasteiger partial charge in [0.05, 0.1) is 14.2 Å². The molecular weight excluding hydrogens is 548 g/mol. The Morgan fingerprint density at radius 1 is 0.674 bits per heavy atom. The van der Waals surface area contributed by atoms with Crippen LogP contribution in [0.3, 0.4) is 0 Å². The third kappa shape index (κ3) is 14.2. The maximum atomic E-state index is 11.0. The number of carbonyl (C=O) groups is 2. The summed E-state index contributed by atoms with van der Waals surface area (Å²) in [7, 11) is 6.64. The monoisotopic (exact) mass is 596 g/mol. The SMILES string of the molecule is COC(C=C(C)C)c1cccc(C(C=C(C)C)OC)c1.COc1cccc(OC)c1CC=C(COC(C)=O)COC(C)=O. The zero-order chi connectivity index (χ0) is 32.4. The molecule has 0 aliphatic rings. The van der Waals surface area contributed by atoms with Gasteiger partial charge in [-0.25, -0.2) is 0 Å². The first-order chi connectivity index (χ1) is 20.4. The lowest BCUT2D eigenvalue weighted by Crippen LogP contribution is -2.11. The largest absolute Gasteiger partial charge is 0.496 e. The molecule has 2 atom stereocenters. The third-order valence-corrected chi connectivity index (χ3v) is 6.09. The van der Waals surface area contributed by atoms with Gasteiger partial charge in [-0.2, -0.15) is 0 Å². The minimum absolute atomic E-state index is 0.0100. The molecule has 2 rings (SSSR count). The molecule has 0 radical (unpaired) electrons. The van der Waals surface area contributed by atoms with Crippen molar-refractivity contribution in [3.05, 3.63) is 94.1 Å². The molecule has 8 nitrogen and oxygen atoms in total. The van der Waals surface area contributed by atoms with Gasteiger partial charge < -0.3 is 28.4 Å². The molecule has 236 valence electrons. The lowest BCUT2D eigenvalue weighted by atomic mass is 10.0. The second-order valence-electron chi connectivity index (χ2n) is 10.2. The van der Waals surface area contributed by atoms with E-state index in [-0.39, 0.29) is 25.4 Å². The molecule has 0 bridgehead atoms. The summed E-state index contributed by atoms with van der Waals surface area (Å²) in [5.74, 6) is 0.599. The number of methoxy groups -OCH3 is 4. The molecule has 0 heterocycles. The smallest absolute Gasteiger partial charge is 0.302 e. The van der Waals surface area contributed by atoms with Crippen LogP contribution in [0.2, 0.25) is 0 Å². The van der Waals surface area contributed by atoms with Crippen LogP contribution >= 0.6 is 0 Å². The minimum Gasteiger partial charge on any atom is -0.496 e. The van der Waals surface area contributed by atoms with Gasteiger partial charge in [-0.05, 0) is 63.4 Å². The number of hydrogen-bond donors (Lipinski definition) is 0. The summed E-state index contributed by atoms with van der Waals surface area (Å²) in [6.07, 6.45) is 6.56. The van der Waals surface area contributed by atoms with Crippen LogP contribution < -0.4 is 9.47 Å². The fraction of sp³-hybridized carbons (Fsp3) is 0.429. The second kappa shape index (κ2) is 20.1. The maximum absolute atomic E-state index is 11.0. The van der Waals surface area contributed by atoms with E-state index in [9.17, 15) is 9.59 Å². The van der Waals surface area contributed by atoms with Crippen LogP contribution in [0, 0.1) is 0 Å².